The number of unbranched alkanes of at least 4 members (excludes halogenated alkanes) is 1. The molecule has 25 heavy (non-hydrogen) atoms. The lowest BCUT2D eigenvalue weighted by Crippen LogP contribution is -2.20. The second kappa shape index (κ2) is 9.47. The molecule has 0 aliphatic rings. The van der Waals surface area contributed by atoms with Crippen LogP contribution >= 0.6 is 0 Å². The van der Waals surface area contributed by atoms with Crippen molar-refractivity contribution >= 4 is 17.9 Å². The fraction of sp³-hybridized carbons (Fsp3) is 0.300. The van der Waals surface area contributed by atoms with Crippen molar-refractivity contribution in [2.45, 2.75) is 26.2 Å². The van der Waals surface area contributed by atoms with E-state index in [1.807, 2.05) is 24.3 Å². The van der Waals surface area contributed by atoms with Crippen molar-refractivity contribution in [3.05, 3.63) is 53.6 Å². The minimum atomic E-state index is -0.283. The van der Waals surface area contributed by atoms with Crippen LogP contribution in [0.25, 0.3) is 0 Å². The third-order valence-corrected chi connectivity index (χ3v) is 3.76. The predicted octanol–water partition coefficient (Wildman–Crippen LogP) is 3.87. The van der Waals surface area contributed by atoms with Crippen molar-refractivity contribution in [2.75, 3.05) is 19.0 Å². The van der Waals surface area contributed by atoms with Crippen LogP contribution in [0.4, 0.5) is 5.69 Å². The first kappa shape index (κ1) is 18.5. The second-order valence-electron chi connectivity index (χ2n) is 5.66. The average Bonchev–Trinajstić information content (AvgIpc) is 2.65. The number of methoxy groups -OCH3 is 1. The van der Waals surface area contributed by atoms with Gasteiger partial charge in [0.15, 0.2) is 12.9 Å². The van der Waals surface area contributed by atoms with Crippen LogP contribution in [-0.2, 0) is 11.2 Å². The molecule has 2 rings (SSSR count). The molecule has 0 unspecified atom stereocenters. The minimum Gasteiger partial charge on any atom is -0.497 e. The average molecular weight is 341 g/mol. The summed E-state index contributed by atoms with van der Waals surface area (Å²) in [7, 11) is 1.52. The molecule has 5 heteroatoms. The van der Waals surface area contributed by atoms with E-state index in [1.54, 1.807) is 18.2 Å². The highest BCUT2D eigenvalue weighted by molar-refractivity contribution is 5.92. The maximum atomic E-state index is 12.0. The highest BCUT2D eigenvalue weighted by Crippen LogP contribution is 2.22. The number of rotatable bonds is 9. The van der Waals surface area contributed by atoms with Gasteiger partial charge in [0, 0.05) is 5.69 Å². The largest absolute Gasteiger partial charge is 0.497 e. The number of amides is 1. The van der Waals surface area contributed by atoms with Gasteiger partial charge in [-0.3, -0.25) is 9.59 Å². The molecule has 0 bridgehead atoms. The smallest absolute Gasteiger partial charge is 0.262 e. The van der Waals surface area contributed by atoms with Crippen molar-refractivity contribution in [3.63, 3.8) is 0 Å². The van der Waals surface area contributed by atoms with E-state index in [1.165, 1.54) is 12.7 Å². The minimum absolute atomic E-state index is 0.176. The van der Waals surface area contributed by atoms with Crippen molar-refractivity contribution in [1.82, 2.24) is 0 Å². The molecule has 5 nitrogen and oxygen atoms in total. The quantitative estimate of drug-likeness (QED) is 0.703. The molecule has 0 radical (unpaired) electrons. The maximum Gasteiger partial charge on any atom is 0.262 e. The zero-order chi connectivity index (χ0) is 18.1. The lowest BCUT2D eigenvalue weighted by atomic mass is 10.1. The van der Waals surface area contributed by atoms with E-state index in [4.69, 9.17) is 9.47 Å². The molecule has 1 amide bonds. The van der Waals surface area contributed by atoms with Crippen molar-refractivity contribution in [1.29, 1.82) is 0 Å². The van der Waals surface area contributed by atoms with Crippen LogP contribution in [-0.4, -0.2) is 25.9 Å². The zero-order valence-corrected chi connectivity index (χ0v) is 14.6. The molecular weight excluding hydrogens is 318 g/mol. The Labute approximate surface area is 148 Å². The number of hydrogen-bond acceptors (Lipinski definition) is 4. The summed E-state index contributed by atoms with van der Waals surface area (Å²) in [6, 6.07) is 12.6. The molecule has 0 aromatic heterocycles. The lowest BCUT2D eigenvalue weighted by molar-refractivity contribution is -0.118. The van der Waals surface area contributed by atoms with Gasteiger partial charge in [0.2, 0.25) is 0 Å². The van der Waals surface area contributed by atoms with Gasteiger partial charge >= 0.3 is 0 Å². The second-order valence-corrected chi connectivity index (χ2v) is 5.66. The van der Waals surface area contributed by atoms with E-state index in [0.717, 1.165) is 24.9 Å². The third kappa shape index (κ3) is 5.64. The molecule has 2 aromatic rings. The molecule has 0 saturated heterocycles. The molecule has 0 fully saturated rings. The Hall–Kier alpha value is -2.82. The van der Waals surface area contributed by atoms with Crippen LogP contribution in [0.3, 0.4) is 0 Å². The standard InChI is InChI=1S/C20H23NO4/c1-3-4-5-15-6-8-17(9-7-15)21-20(23)14-25-19-11-10-18(24-2)12-16(19)13-22/h6-13H,3-5,14H2,1-2H3,(H,21,23). The van der Waals surface area contributed by atoms with Gasteiger partial charge in [-0.05, 0) is 48.7 Å². The molecule has 0 heterocycles. The van der Waals surface area contributed by atoms with Gasteiger partial charge < -0.3 is 14.8 Å². The van der Waals surface area contributed by atoms with E-state index in [0.29, 0.717) is 23.3 Å². The molecule has 0 aliphatic heterocycles. The van der Waals surface area contributed by atoms with Crippen LogP contribution < -0.4 is 14.8 Å². The Kier molecular flexibility index (Phi) is 7.01. The summed E-state index contributed by atoms with van der Waals surface area (Å²) in [5.41, 5.74) is 2.32. The Balaban J connectivity index is 1.89. The van der Waals surface area contributed by atoms with E-state index in [9.17, 15) is 9.59 Å². The fourth-order valence-electron chi connectivity index (χ4n) is 2.35. The number of aldehydes is 1. The van der Waals surface area contributed by atoms with Crippen LogP contribution in [0.5, 0.6) is 11.5 Å². The van der Waals surface area contributed by atoms with Crippen LogP contribution in [0, 0.1) is 0 Å². The number of carbonyl (C=O) groups excluding carboxylic acids is 2. The van der Waals surface area contributed by atoms with Gasteiger partial charge in [0.25, 0.3) is 5.91 Å². The summed E-state index contributed by atoms with van der Waals surface area (Å²) >= 11 is 0. The van der Waals surface area contributed by atoms with E-state index >= 15 is 0 Å². The molecule has 2 aromatic carbocycles. The van der Waals surface area contributed by atoms with E-state index in [2.05, 4.69) is 12.2 Å². The third-order valence-electron chi connectivity index (χ3n) is 3.76. The number of ether oxygens (including phenoxy) is 2. The number of anilines is 1. The molecular formula is C20H23NO4. The lowest BCUT2D eigenvalue weighted by Gasteiger charge is -2.10. The molecule has 132 valence electrons. The van der Waals surface area contributed by atoms with Gasteiger partial charge in [-0.15, -0.1) is 0 Å². The van der Waals surface area contributed by atoms with Crippen molar-refractivity contribution in [2.24, 2.45) is 0 Å². The predicted molar refractivity (Wildman–Crippen MR) is 97.6 cm³/mol. The summed E-state index contributed by atoms with van der Waals surface area (Å²) in [6.07, 6.45) is 4.02. The topological polar surface area (TPSA) is 64.6 Å². The summed E-state index contributed by atoms with van der Waals surface area (Å²) in [5, 5.41) is 2.78. The summed E-state index contributed by atoms with van der Waals surface area (Å²) in [4.78, 5) is 23.1. The van der Waals surface area contributed by atoms with Gasteiger partial charge in [-0.2, -0.15) is 0 Å². The first-order valence-electron chi connectivity index (χ1n) is 8.31. The van der Waals surface area contributed by atoms with Gasteiger partial charge in [-0.25, -0.2) is 0 Å². The number of nitrogens with one attached hydrogen (secondary N) is 1. The van der Waals surface area contributed by atoms with Crippen LogP contribution in [0.15, 0.2) is 42.5 Å². The van der Waals surface area contributed by atoms with Gasteiger partial charge in [-0.1, -0.05) is 25.5 Å². The molecule has 0 saturated carbocycles. The van der Waals surface area contributed by atoms with Crippen molar-refractivity contribution in [3.8, 4) is 11.5 Å². The first-order valence-corrected chi connectivity index (χ1v) is 8.31. The van der Waals surface area contributed by atoms with Gasteiger partial charge in [0.05, 0.1) is 12.7 Å². The summed E-state index contributed by atoms with van der Waals surface area (Å²) in [5.74, 6) is 0.622. The van der Waals surface area contributed by atoms with Crippen molar-refractivity contribution < 1.29 is 19.1 Å². The van der Waals surface area contributed by atoms with Crippen LogP contribution in [0.2, 0.25) is 0 Å². The SMILES string of the molecule is CCCCc1ccc(NC(=O)COc2ccc(OC)cc2C=O)cc1. The fourth-order valence-corrected chi connectivity index (χ4v) is 2.35. The first-order chi connectivity index (χ1) is 12.2. The molecule has 0 atom stereocenters. The number of carbonyl (C=O) groups is 2. The number of aryl methyl sites for hydroxylation is 1. The zero-order valence-electron chi connectivity index (χ0n) is 14.6. The highest BCUT2D eigenvalue weighted by Gasteiger charge is 2.08. The normalized spacial score (nSPS) is 10.2. The van der Waals surface area contributed by atoms with E-state index in [-0.39, 0.29) is 12.5 Å². The maximum absolute atomic E-state index is 12.0. The van der Waals surface area contributed by atoms with Gasteiger partial charge in [0.1, 0.15) is 11.5 Å². The Morgan fingerprint density at radius 3 is 2.56 bits per heavy atom. The molecule has 1 N–H and O–H groups in total. The Bertz CT molecular complexity index is 710. The Morgan fingerprint density at radius 1 is 1.16 bits per heavy atom. The highest BCUT2D eigenvalue weighted by atomic mass is 16.5. The van der Waals surface area contributed by atoms with Crippen LogP contribution in [0.1, 0.15) is 35.7 Å². The summed E-state index contributed by atoms with van der Waals surface area (Å²) < 4.78 is 10.5. The van der Waals surface area contributed by atoms with E-state index < -0.39 is 0 Å². The number of hydrogen-bond donors (Lipinski definition) is 1. The number of benzene rings is 2. The summed E-state index contributed by atoms with van der Waals surface area (Å²) in [6.45, 7) is 1.98. The monoisotopic (exact) mass is 341 g/mol. The molecule has 0 spiro atoms. The molecule has 0 aliphatic carbocycles. The Morgan fingerprint density at radius 2 is 1.92 bits per heavy atom.